The molecule has 0 atom stereocenters. The largest absolute Gasteiger partial charge is 0.439 e. The summed E-state index contributed by atoms with van der Waals surface area (Å²) in [6, 6.07) is 11.1. The van der Waals surface area contributed by atoms with Crippen LogP contribution in [0.3, 0.4) is 0 Å². The fourth-order valence-corrected chi connectivity index (χ4v) is 3.03. The minimum atomic E-state index is -4.40. The lowest BCUT2D eigenvalue weighted by atomic mass is 10.1. The van der Waals surface area contributed by atoms with Crippen molar-refractivity contribution in [3.8, 4) is 22.9 Å². The number of benzene rings is 2. The Balaban J connectivity index is 1.57. The fraction of sp³-hybridized carbons (Fsp3) is 0.105. The Bertz CT molecular complexity index is 1070. The van der Waals surface area contributed by atoms with E-state index in [-0.39, 0.29) is 18.3 Å². The van der Waals surface area contributed by atoms with Crippen LogP contribution in [0.15, 0.2) is 54.9 Å². The summed E-state index contributed by atoms with van der Waals surface area (Å²) in [5.41, 5.74) is 1.29. The Kier molecular flexibility index (Phi) is 4.75. The van der Waals surface area contributed by atoms with Crippen molar-refractivity contribution in [2.75, 3.05) is 16.3 Å². The molecule has 1 aliphatic heterocycles. The molecular weight excluding hydrogens is 409 g/mol. The van der Waals surface area contributed by atoms with Gasteiger partial charge in [0.1, 0.15) is 18.6 Å². The lowest BCUT2D eigenvalue weighted by molar-refractivity contribution is -0.137. The molecule has 0 spiro atoms. The van der Waals surface area contributed by atoms with E-state index in [1.165, 1.54) is 28.9 Å². The number of hydrogen-bond acceptors (Lipinski definition) is 5. The minimum Gasteiger partial charge on any atom is -0.439 e. The first-order valence-corrected chi connectivity index (χ1v) is 8.68. The topological polar surface area (TPSA) is 67.4 Å². The first-order valence-electron chi connectivity index (χ1n) is 8.34. The third kappa shape index (κ3) is 4.09. The van der Waals surface area contributed by atoms with E-state index in [2.05, 4.69) is 15.3 Å². The molecule has 29 heavy (non-hydrogen) atoms. The SMILES string of the molecule is O=C1CN(Cl)c2cc(Oc3cc(-c4ccc(C(F)(F)F)cc4)ncn3)ccc2N1. The van der Waals surface area contributed by atoms with Crippen LogP contribution in [0, 0.1) is 0 Å². The summed E-state index contributed by atoms with van der Waals surface area (Å²) in [7, 11) is 0. The second-order valence-corrected chi connectivity index (χ2v) is 6.57. The van der Waals surface area contributed by atoms with E-state index in [9.17, 15) is 18.0 Å². The number of amides is 1. The number of rotatable bonds is 3. The van der Waals surface area contributed by atoms with Gasteiger partial charge in [0.05, 0.1) is 22.6 Å². The molecule has 0 unspecified atom stereocenters. The van der Waals surface area contributed by atoms with Gasteiger partial charge in [0, 0.05) is 29.5 Å². The van der Waals surface area contributed by atoms with Gasteiger partial charge in [-0.15, -0.1) is 0 Å². The van der Waals surface area contributed by atoms with Crippen molar-refractivity contribution in [3.05, 3.63) is 60.4 Å². The van der Waals surface area contributed by atoms with Gasteiger partial charge in [-0.1, -0.05) is 12.1 Å². The molecule has 0 fully saturated rings. The predicted octanol–water partition coefficient (Wildman–Crippen LogP) is 4.87. The van der Waals surface area contributed by atoms with Crippen LogP contribution in [0.2, 0.25) is 0 Å². The van der Waals surface area contributed by atoms with Crippen molar-refractivity contribution < 1.29 is 22.7 Å². The Morgan fingerprint density at radius 3 is 2.55 bits per heavy atom. The van der Waals surface area contributed by atoms with Crippen molar-refractivity contribution in [3.63, 3.8) is 0 Å². The molecule has 0 saturated carbocycles. The number of hydrogen-bond donors (Lipinski definition) is 1. The fourth-order valence-electron chi connectivity index (χ4n) is 2.79. The number of nitrogens with zero attached hydrogens (tertiary/aromatic N) is 3. The molecule has 3 aromatic rings. The van der Waals surface area contributed by atoms with Crippen molar-refractivity contribution in [2.45, 2.75) is 6.18 Å². The lowest BCUT2D eigenvalue weighted by Gasteiger charge is -2.24. The van der Waals surface area contributed by atoms with E-state index in [4.69, 9.17) is 16.5 Å². The number of nitrogens with one attached hydrogen (secondary N) is 1. The maximum Gasteiger partial charge on any atom is 0.416 e. The maximum atomic E-state index is 12.7. The number of anilines is 2. The van der Waals surface area contributed by atoms with Gasteiger partial charge < -0.3 is 10.1 Å². The van der Waals surface area contributed by atoms with E-state index in [1.807, 2.05) is 0 Å². The number of ether oxygens (including phenoxy) is 1. The number of alkyl halides is 3. The van der Waals surface area contributed by atoms with Gasteiger partial charge in [0.15, 0.2) is 0 Å². The lowest BCUT2D eigenvalue weighted by Crippen LogP contribution is -2.32. The summed E-state index contributed by atoms with van der Waals surface area (Å²) in [5.74, 6) is 0.400. The standard InChI is InChI=1S/C19H12ClF3N4O2/c20-27-9-17(28)26-14-6-5-13(7-16(14)27)29-18-8-15(24-10-25-18)11-1-3-12(4-2-11)19(21,22)23/h1-8,10H,9H2,(H,26,28). The number of fused-ring (bicyclic) bond motifs is 1. The molecule has 0 bridgehead atoms. The Morgan fingerprint density at radius 1 is 1.07 bits per heavy atom. The molecular formula is C19H12ClF3N4O2. The predicted molar refractivity (Wildman–Crippen MR) is 101 cm³/mol. The molecule has 2 heterocycles. The van der Waals surface area contributed by atoms with Gasteiger partial charge in [-0.25, -0.2) is 9.97 Å². The molecule has 0 radical (unpaired) electrons. The smallest absolute Gasteiger partial charge is 0.416 e. The highest BCUT2D eigenvalue weighted by Crippen LogP contribution is 2.36. The quantitative estimate of drug-likeness (QED) is 0.612. The average Bonchev–Trinajstić information content (AvgIpc) is 2.68. The number of carbonyl (C=O) groups is 1. The zero-order chi connectivity index (χ0) is 20.6. The zero-order valence-corrected chi connectivity index (χ0v) is 15.3. The first kappa shape index (κ1) is 19.0. The number of aromatic nitrogens is 2. The summed E-state index contributed by atoms with van der Waals surface area (Å²) < 4.78 is 45.2. The summed E-state index contributed by atoms with van der Waals surface area (Å²) >= 11 is 6.08. The van der Waals surface area contributed by atoms with Gasteiger partial charge in [-0.3, -0.25) is 9.21 Å². The summed E-state index contributed by atoms with van der Waals surface area (Å²) in [4.78, 5) is 19.6. The van der Waals surface area contributed by atoms with Crippen LogP contribution in [0.1, 0.15) is 5.56 Å². The summed E-state index contributed by atoms with van der Waals surface area (Å²) in [6.45, 7) is 0.00356. The summed E-state index contributed by atoms with van der Waals surface area (Å²) in [6.07, 6.45) is -3.14. The molecule has 4 rings (SSSR count). The first-order chi connectivity index (χ1) is 13.8. The summed E-state index contributed by atoms with van der Waals surface area (Å²) in [5, 5.41) is 2.70. The van der Waals surface area contributed by atoms with Gasteiger partial charge in [-0.05, 0) is 24.3 Å². The van der Waals surface area contributed by atoms with Gasteiger partial charge >= 0.3 is 6.18 Å². The highest BCUT2D eigenvalue weighted by Gasteiger charge is 2.30. The molecule has 2 aromatic carbocycles. The number of carbonyl (C=O) groups excluding carboxylic acids is 1. The normalized spacial score (nSPS) is 13.7. The third-order valence-electron chi connectivity index (χ3n) is 4.16. The molecule has 0 saturated heterocycles. The average molecular weight is 421 g/mol. The molecule has 1 N–H and O–H groups in total. The molecule has 1 aromatic heterocycles. The van der Waals surface area contributed by atoms with Crippen molar-refractivity contribution in [2.24, 2.45) is 0 Å². The molecule has 1 aliphatic rings. The number of halogens is 4. The second kappa shape index (κ2) is 7.25. The van der Waals surface area contributed by atoms with Crippen LogP contribution >= 0.6 is 11.8 Å². The van der Waals surface area contributed by atoms with E-state index in [1.54, 1.807) is 18.2 Å². The van der Waals surface area contributed by atoms with Gasteiger partial charge in [0.2, 0.25) is 11.8 Å². The van der Waals surface area contributed by atoms with Crippen LogP contribution in [-0.2, 0) is 11.0 Å². The highest BCUT2D eigenvalue weighted by molar-refractivity contribution is 6.29. The van der Waals surface area contributed by atoms with Crippen molar-refractivity contribution in [1.29, 1.82) is 0 Å². The van der Waals surface area contributed by atoms with Crippen molar-refractivity contribution in [1.82, 2.24) is 9.97 Å². The minimum absolute atomic E-state index is 0.00356. The maximum absolute atomic E-state index is 12.7. The van der Waals surface area contributed by atoms with Crippen LogP contribution in [-0.4, -0.2) is 22.4 Å². The zero-order valence-electron chi connectivity index (χ0n) is 14.6. The Labute approximate surface area is 168 Å². The molecule has 10 heteroatoms. The van der Waals surface area contributed by atoms with Gasteiger partial charge in [-0.2, -0.15) is 13.2 Å². The highest BCUT2D eigenvalue weighted by atomic mass is 35.5. The van der Waals surface area contributed by atoms with E-state index < -0.39 is 11.7 Å². The van der Waals surface area contributed by atoms with E-state index in [0.717, 1.165) is 12.1 Å². The monoisotopic (exact) mass is 420 g/mol. The van der Waals surface area contributed by atoms with Gasteiger partial charge in [0.25, 0.3) is 0 Å². The molecule has 0 aliphatic carbocycles. The van der Waals surface area contributed by atoms with Crippen LogP contribution < -0.4 is 14.5 Å². The molecule has 1 amide bonds. The van der Waals surface area contributed by atoms with Crippen LogP contribution in [0.4, 0.5) is 24.5 Å². The van der Waals surface area contributed by atoms with E-state index in [0.29, 0.717) is 28.4 Å². The Morgan fingerprint density at radius 2 is 1.83 bits per heavy atom. The third-order valence-corrected chi connectivity index (χ3v) is 4.46. The Hall–Kier alpha value is -3.33. The van der Waals surface area contributed by atoms with E-state index >= 15 is 0 Å². The van der Waals surface area contributed by atoms with Crippen LogP contribution in [0.5, 0.6) is 11.6 Å². The molecule has 6 nitrogen and oxygen atoms in total. The molecule has 148 valence electrons. The van der Waals surface area contributed by atoms with Crippen LogP contribution in [0.25, 0.3) is 11.3 Å². The second-order valence-electron chi connectivity index (χ2n) is 6.17. The van der Waals surface area contributed by atoms with Crippen molar-refractivity contribution >= 4 is 29.1 Å².